The predicted octanol–water partition coefficient (Wildman–Crippen LogP) is 1.90. The molecular formula is C4H4F4O3S. The smallest absolute Gasteiger partial charge is 0.385 e. The lowest BCUT2D eigenvalue weighted by Gasteiger charge is -2.02. The SMILES string of the molecule is O=S(O)OC=C(F)CC(F)(F)F. The summed E-state index contributed by atoms with van der Waals surface area (Å²) in [6.07, 6.45) is -6.56. The second-order valence-corrected chi connectivity index (χ2v) is 2.30. The third kappa shape index (κ3) is 7.48. The summed E-state index contributed by atoms with van der Waals surface area (Å²) < 4.78 is 67.2. The van der Waals surface area contributed by atoms with Crippen molar-refractivity contribution in [2.45, 2.75) is 12.6 Å². The standard InChI is InChI=1S/C4H4F4O3S/c5-3(1-4(6,7)8)2-11-12(9)10/h2H,1H2,(H,9,10). The van der Waals surface area contributed by atoms with E-state index in [1.54, 1.807) is 0 Å². The summed E-state index contributed by atoms with van der Waals surface area (Å²) in [6, 6.07) is 0. The Hall–Kier alpha value is -0.630. The van der Waals surface area contributed by atoms with E-state index in [-0.39, 0.29) is 6.26 Å². The average Bonchev–Trinajstić information content (AvgIpc) is 1.79. The molecule has 8 heteroatoms. The van der Waals surface area contributed by atoms with E-state index in [4.69, 9.17) is 4.55 Å². The first kappa shape index (κ1) is 11.4. The van der Waals surface area contributed by atoms with Crippen LogP contribution in [0.1, 0.15) is 6.42 Å². The molecule has 0 aromatic carbocycles. The first-order chi connectivity index (χ1) is 5.31. The lowest BCUT2D eigenvalue weighted by atomic mass is 10.4. The van der Waals surface area contributed by atoms with Crippen molar-refractivity contribution >= 4 is 11.4 Å². The Bertz CT molecular complexity index is 199. The largest absolute Gasteiger partial charge is 0.395 e. The molecule has 0 aromatic rings. The topological polar surface area (TPSA) is 46.5 Å². The van der Waals surface area contributed by atoms with Crippen LogP contribution >= 0.6 is 0 Å². The van der Waals surface area contributed by atoms with Gasteiger partial charge in [-0.1, -0.05) is 0 Å². The van der Waals surface area contributed by atoms with E-state index in [0.29, 0.717) is 0 Å². The van der Waals surface area contributed by atoms with Crippen LogP contribution in [0.2, 0.25) is 0 Å². The highest BCUT2D eigenvalue weighted by Crippen LogP contribution is 2.24. The fourth-order valence-electron chi connectivity index (χ4n) is 0.327. The zero-order chi connectivity index (χ0) is 9.78. The zero-order valence-electron chi connectivity index (χ0n) is 5.47. The van der Waals surface area contributed by atoms with Crippen LogP contribution in [0, 0.1) is 0 Å². The molecule has 72 valence electrons. The molecule has 0 bridgehead atoms. The molecule has 0 saturated carbocycles. The van der Waals surface area contributed by atoms with E-state index >= 15 is 0 Å². The summed E-state index contributed by atoms with van der Waals surface area (Å²) in [4.78, 5) is 0. The second kappa shape index (κ2) is 4.41. The van der Waals surface area contributed by atoms with Crippen LogP contribution in [0.15, 0.2) is 12.1 Å². The molecule has 0 aromatic heterocycles. The van der Waals surface area contributed by atoms with Crippen LogP contribution in [0.5, 0.6) is 0 Å². The predicted molar refractivity (Wildman–Crippen MR) is 31.7 cm³/mol. The summed E-state index contributed by atoms with van der Waals surface area (Å²) in [7, 11) is 0. The van der Waals surface area contributed by atoms with Gasteiger partial charge in [0.2, 0.25) is 0 Å². The summed E-state index contributed by atoms with van der Waals surface area (Å²) in [5, 5.41) is 0. The molecule has 0 rings (SSSR count). The zero-order valence-corrected chi connectivity index (χ0v) is 6.28. The van der Waals surface area contributed by atoms with Gasteiger partial charge >= 0.3 is 17.5 Å². The maximum Gasteiger partial charge on any atom is 0.395 e. The maximum absolute atomic E-state index is 12.0. The number of rotatable bonds is 3. The Balaban J connectivity index is 3.95. The molecule has 0 fully saturated rings. The van der Waals surface area contributed by atoms with Gasteiger partial charge in [-0.3, -0.25) is 4.55 Å². The van der Waals surface area contributed by atoms with Gasteiger partial charge in [-0.25, -0.2) is 4.39 Å². The summed E-state index contributed by atoms with van der Waals surface area (Å²) >= 11 is -2.80. The molecule has 0 aliphatic heterocycles. The molecule has 1 unspecified atom stereocenters. The van der Waals surface area contributed by atoms with Crippen LogP contribution in [0.3, 0.4) is 0 Å². The molecule has 0 saturated heterocycles. The van der Waals surface area contributed by atoms with E-state index in [9.17, 15) is 21.8 Å². The Kier molecular flexibility index (Phi) is 4.18. The van der Waals surface area contributed by atoms with E-state index in [1.807, 2.05) is 0 Å². The summed E-state index contributed by atoms with van der Waals surface area (Å²) in [5.41, 5.74) is 0. The highest BCUT2D eigenvalue weighted by Gasteiger charge is 2.29. The number of hydrogen-bond acceptors (Lipinski definition) is 2. The Morgan fingerprint density at radius 1 is 1.58 bits per heavy atom. The molecule has 0 aliphatic rings. The molecule has 0 aliphatic carbocycles. The van der Waals surface area contributed by atoms with Crippen LogP contribution in [0.25, 0.3) is 0 Å². The Labute approximate surface area is 67.5 Å². The Morgan fingerprint density at radius 3 is 2.42 bits per heavy atom. The van der Waals surface area contributed by atoms with Crippen molar-refractivity contribution in [1.29, 1.82) is 0 Å². The van der Waals surface area contributed by atoms with Gasteiger partial charge in [0, 0.05) is 0 Å². The highest BCUT2D eigenvalue weighted by molar-refractivity contribution is 7.74. The van der Waals surface area contributed by atoms with Gasteiger partial charge in [-0.2, -0.15) is 17.4 Å². The minimum atomic E-state index is -4.69. The monoisotopic (exact) mass is 208 g/mol. The molecular weight excluding hydrogens is 204 g/mol. The lowest BCUT2D eigenvalue weighted by molar-refractivity contribution is -0.130. The fourth-order valence-corrected chi connectivity index (χ4v) is 0.513. The van der Waals surface area contributed by atoms with Crippen molar-refractivity contribution in [1.82, 2.24) is 0 Å². The molecule has 0 radical (unpaired) electrons. The van der Waals surface area contributed by atoms with Crippen LogP contribution < -0.4 is 0 Å². The maximum atomic E-state index is 12.0. The van der Waals surface area contributed by atoms with Crippen molar-refractivity contribution in [3.8, 4) is 0 Å². The number of hydrogen-bond donors (Lipinski definition) is 1. The van der Waals surface area contributed by atoms with Crippen molar-refractivity contribution < 1.29 is 30.5 Å². The number of allylic oxidation sites excluding steroid dienone is 1. The third-order valence-corrected chi connectivity index (χ3v) is 0.888. The molecule has 1 atom stereocenters. The van der Waals surface area contributed by atoms with E-state index in [1.165, 1.54) is 0 Å². The molecule has 12 heavy (non-hydrogen) atoms. The van der Waals surface area contributed by atoms with E-state index < -0.39 is 29.8 Å². The lowest BCUT2D eigenvalue weighted by Crippen LogP contribution is -2.07. The number of halogens is 4. The summed E-state index contributed by atoms with van der Waals surface area (Å²) in [6.45, 7) is 0. The van der Waals surface area contributed by atoms with Gasteiger partial charge in [0.15, 0.2) is 0 Å². The van der Waals surface area contributed by atoms with Gasteiger partial charge < -0.3 is 4.18 Å². The van der Waals surface area contributed by atoms with Crippen LogP contribution in [0.4, 0.5) is 17.6 Å². The minimum absolute atomic E-state index is 0.0520. The minimum Gasteiger partial charge on any atom is -0.385 e. The van der Waals surface area contributed by atoms with Crippen molar-refractivity contribution in [3.05, 3.63) is 12.1 Å². The average molecular weight is 208 g/mol. The quantitative estimate of drug-likeness (QED) is 0.437. The van der Waals surface area contributed by atoms with Crippen LogP contribution in [-0.4, -0.2) is 14.9 Å². The summed E-state index contributed by atoms with van der Waals surface area (Å²) in [5.74, 6) is -1.66. The highest BCUT2D eigenvalue weighted by atomic mass is 32.2. The first-order valence-electron chi connectivity index (χ1n) is 2.50. The first-order valence-corrected chi connectivity index (χ1v) is 3.54. The molecule has 0 heterocycles. The molecule has 3 nitrogen and oxygen atoms in total. The van der Waals surface area contributed by atoms with Gasteiger partial charge in [0.25, 0.3) is 0 Å². The van der Waals surface area contributed by atoms with Crippen molar-refractivity contribution in [2.75, 3.05) is 0 Å². The Morgan fingerprint density at radius 2 is 2.08 bits per heavy atom. The normalized spacial score (nSPS) is 15.9. The van der Waals surface area contributed by atoms with Crippen molar-refractivity contribution in [2.24, 2.45) is 0 Å². The molecule has 0 spiro atoms. The van der Waals surface area contributed by atoms with Gasteiger partial charge in [-0.05, 0) is 0 Å². The van der Waals surface area contributed by atoms with Gasteiger partial charge in [-0.15, -0.1) is 0 Å². The van der Waals surface area contributed by atoms with Crippen molar-refractivity contribution in [3.63, 3.8) is 0 Å². The third-order valence-electron chi connectivity index (χ3n) is 0.628. The van der Waals surface area contributed by atoms with E-state index in [0.717, 1.165) is 0 Å². The molecule has 1 N–H and O–H groups in total. The second-order valence-electron chi connectivity index (χ2n) is 1.67. The van der Waals surface area contributed by atoms with Crippen LogP contribution in [-0.2, 0) is 15.5 Å². The van der Waals surface area contributed by atoms with Gasteiger partial charge in [0.1, 0.15) is 12.1 Å². The molecule has 0 amide bonds. The number of alkyl halides is 3. The fraction of sp³-hybridized carbons (Fsp3) is 0.500. The van der Waals surface area contributed by atoms with Gasteiger partial charge in [0.05, 0.1) is 6.42 Å². The van der Waals surface area contributed by atoms with E-state index in [2.05, 4.69) is 4.18 Å².